The summed E-state index contributed by atoms with van der Waals surface area (Å²) in [5, 5.41) is 12.2. The van der Waals surface area contributed by atoms with Gasteiger partial charge < -0.3 is 15.4 Å². The minimum Gasteiger partial charge on any atom is -0.480 e. The highest BCUT2D eigenvalue weighted by atomic mass is 32.2. The lowest BCUT2D eigenvalue weighted by Gasteiger charge is -2.17. The van der Waals surface area contributed by atoms with Gasteiger partial charge in [0.15, 0.2) is 0 Å². The molecule has 7 heteroatoms. The van der Waals surface area contributed by atoms with E-state index in [4.69, 9.17) is 0 Å². The second-order valence-electron chi connectivity index (χ2n) is 7.11. The van der Waals surface area contributed by atoms with E-state index >= 15 is 0 Å². The molecule has 0 fully saturated rings. The summed E-state index contributed by atoms with van der Waals surface area (Å²) in [6.07, 6.45) is 9.46. The summed E-state index contributed by atoms with van der Waals surface area (Å²) in [7, 11) is 0. The molecule has 1 atom stereocenters. The van der Waals surface area contributed by atoms with Gasteiger partial charge in [0.05, 0.1) is 18.2 Å². The molecular weight excluding hydrogens is 410 g/mol. The van der Waals surface area contributed by atoms with Crippen molar-refractivity contribution in [2.45, 2.75) is 19.4 Å². The van der Waals surface area contributed by atoms with Crippen molar-refractivity contribution < 1.29 is 14.7 Å². The number of H-pyrrole nitrogens is 1. The van der Waals surface area contributed by atoms with Crippen molar-refractivity contribution in [1.29, 1.82) is 0 Å². The molecular formula is C24H25N3O3S. The second-order valence-corrected chi connectivity index (χ2v) is 8.09. The summed E-state index contributed by atoms with van der Waals surface area (Å²) in [4.78, 5) is 31.7. The lowest BCUT2D eigenvalue weighted by atomic mass is 9.93. The Labute approximate surface area is 185 Å². The number of nitrogens with one attached hydrogen (secondary N) is 2. The van der Waals surface area contributed by atoms with Crippen molar-refractivity contribution in [1.82, 2.24) is 15.3 Å². The molecule has 1 aromatic heterocycles. The first-order valence-electron chi connectivity index (χ1n) is 9.88. The van der Waals surface area contributed by atoms with Gasteiger partial charge in [-0.25, -0.2) is 9.78 Å². The van der Waals surface area contributed by atoms with E-state index in [1.165, 1.54) is 0 Å². The number of aromatic amines is 1. The van der Waals surface area contributed by atoms with Crippen LogP contribution < -0.4 is 5.32 Å². The van der Waals surface area contributed by atoms with Gasteiger partial charge in [-0.05, 0) is 65.8 Å². The number of rotatable bonds is 9. The average molecular weight is 436 g/mol. The van der Waals surface area contributed by atoms with E-state index in [1.54, 1.807) is 30.4 Å². The summed E-state index contributed by atoms with van der Waals surface area (Å²) < 4.78 is 0. The smallest absolute Gasteiger partial charge is 0.326 e. The molecule has 1 heterocycles. The quantitative estimate of drug-likeness (QED) is 0.460. The fourth-order valence-electron chi connectivity index (χ4n) is 3.23. The molecule has 0 aliphatic rings. The van der Waals surface area contributed by atoms with Crippen molar-refractivity contribution in [3.63, 3.8) is 0 Å². The van der Waals surface area contributed by atoms with Crippen LogP contribution in [-0.4, -0.2) is 45.0 Å². The predicted octanol–water partition coefficient (Wildman–Crippen LogP) is 4.49. The highest BCUT2D eigenvalue weighted by molar-refractivity contribution is 7.98. The molecule has 2 aromatic carbocycles. The molecule has 0 bridgehead atoms. The molecule has 31 heavy (non-hydrogen) atoms. The molecule has 0 saturated carbocycles. The lowest BCUT2D eigenvalue weighted by molar-refractivity contribution is -0.139. The number of carbonyl (C=O) groups is 2. The largest absolute Gasteiger partial charge is 0.480 e. The van der Waals surface area contributed by atoms with Crippen LogP contribution in [0.25, 0.3) is 23.3 Å². The number of aryl methyl sites for hydroxylation is 1. The van der Waals surface area contributed by atoms with Crippen molar-refractivity contribution in [3.8, 4) is 11.1 Å². The molecule has 3 rings (SSSR count). The molecule has 0 aliphatic carbocycles. The topological polar surface area (TPSA) is 95.1 Å². The van der Waals surface area contributed by atoms with E-state index in [0.29, 0.717) is 17.7 Å². The first kappa shape index (κ1) is 22.4. The van der Waals surface area contributed by atoms with E-state index in [9.17, 15) is 14.7 Å². The number of nitrogens with zero attached hydrogens (tertiary/aromatic N) is 1. The molecule has 0 radical (unpaired) electrons. The Bertz CT molecular complexity index is 1080. The van der Waals surface area contributed by atoms with Gasteiger partial charge in [0.25, 0.3) is 5.91 Å². The third-order valence-electron chi connectivity index (χ3n) is 4.91. The zero-order chi connectivity index (χ0) is 22.2. The first-order chi connectivity index (χ1) is 15.0. The number of carboxylic acid groups (broad SMARTS) is 1. The fourth-order valence-corrected chi connectivity index (χ4v) is 3.71. The van der Waals surface area contributed by atoms with E-state index in [1.807, 2.05) is 61.7 Å². The fraction of sp³-hybridized carbons (Fsp3) is 0.208. The van der Waals surface area contributed by atoms with Gasteiger partial charge in [0, 0.05) is 5.56 Å². The molecule has 0 saturated heterocycles. The maximum atomic E-state index is 13.1. The summed E-state index contributed by atoms with van der Waals surface area (Å²) in [5.74, 6) is -0.769. The highest BCUT2D eigenvalue weighted by Gasteiger charge is 2.22. The molecule has 3 N–H and O–H groups in total. The van der Waals surface area contributed by atoms with Crippen LogP contribution in [0, 0.1) is 6.92 Å². The number of aliphatic carboxylic acids is 1. The number of aromatic nitrogens is 2. The zero-order valence-corrected chi connectivity index (χ0v) is 18.3. The maximum Gasteiger partial charge on any atom is 0.326 e. The second kappa shape index (κ2) is 10.6. The molecule has 6 nitrogen and oxygen atoms in total. The van der Waals surface area contributed by atoms with E-state index in [2.05, 4.69) is 15.3 Å². The Morgan fingerprint density at radius 1 is 1.19 bits per heavy atom. The Kier molecular flexibility index (Phi) is 7.67. The zero-order valence-electron chi connectivity index (χ0n) is 17.5. The molecule has 3 aromatic rings. The van der Waals surface area contributed by atoms with E-state index in [-0.39, 0.29) is 0 Å². The highest BCUT2D eigenvalue weighted by Crippen LogP contribution is 2.29. The Balaban J connectivity index is 1.97. The van der Waals surface area contributed by atoms with Crippen LogP contribution in [0.1, 0.15) is 33.6 Å². The van der Waals surface area contributed by atoms with Crippen LogP contribution in [0.15, 0.2) is 55.0 Å². The SMILES string of the molecule is CSCC[C@H](NC(=O)c1ccc(/C=C/c2cnc[nH]2)cc1-c1ccccc1C)C(=O)O. The number of hydrogen-bond acceptors (Lipinski definition) is 4. The Morgan fingerprint density at radius 2 is 2.00 bits per heavy atom. The third-order valence-corrected chi connectivity index (χ3v) is 5.56. The van der Waals surface area contributed by atoms with Gasteiger partial charge in [-0.3, -0.25) is 4.79 Å². The number of hydrogen-bond donors (Lipinski definition) is 3. The lowest BCUT2D eigenvalue weighted by Crippen LogP contribution is -2.41. The van der Waals surface area contributed by atoms with Gasteiger partial charge >= 0.3 is 5.97 Å². The van der Waals surface area contributed by atoms with Crippen LogP contribution in [0.2, 0.25) is 0 Å². The van der Waals surface area contributed by atoms with Crippen LogP contribution in [0.4, 0.5) is 0 Å². The molecule has 0 spiro atoms. The number of amides is 1. The van der Waals surface area contributed by atoms with Crippen molar-refractivity contribution in [2.24, 2.45) is 0 Å². The summed E-state index contributed by atoms with van der Waals surface area (Å²) in [6, 6.07) is 12.4. The first-order valence-corrected chi connectivity index (χ1v) is 11.3. The Hall–Kier alpha value is -3.32. The number of imidazole rings is 1. The van der Waals surface area contributed by atoms with Crippen LogP contribution in [-0.2, 0) is 4.79 Å². The summed E-state index contributed by atoms with van der Waals surface area (Å²) >= 11 is 1.55. The third kappa shape index (κ3) is 5.86. The Morgan fingerprint density at radius 3 is 2.68 bits per heavy atom. The molecule has 160 valence electrons. The average Bonchev–Trinajstić information content (AvgIpc) is 3.29. The molecule has 1 amide bonds. The van der Waals surface area contributed by atoms with Gasteiger partial charge in [0.2, 0.25) is 0 Å². The van der Waals surface area contributed by atoms with E-state index < -0.39 is 17.9 Å². The molecule has 0 aliphatic heterocycles. The van der Waals surface area contributed by atoms with Crippen molar-refractivity contribution >= 4 is 35.8 Å². The van der Waals surface area contributed by atoms with Gasteiger partial charge in [-0.1, -0.05) is 36.4 Å². The number of carboxylic acids is 1. The summed E-state index contributed by atoms with van der Waals surface area (Å²) in [5.41, 5.74) is 4.96. The van der Waals surface area contributed by atoms with Crippen LogP contribution in [0.3, 0.4) is 0 Å². The van der Waals surface area contributed by atoms with Crippen molar-refractivity contribution in [2.75, 3.05) is 12.0 Å². The van der Waals surface area contributed by atoms with Gasteiger partial charge in [-0.2, -0.15) is 11.8 Å². The monoisotopic (exact) mass is 435 g/mol. The minimum absolute atomic E-state index is 0.368. The standard InChI is InChI=1S/C24H25N3O3S/c1-16-5-3-4-6-19(16)21-13-17(7-9-18-14-25-15-26-18)8-10-20(21)23(28)27-22(24(29)30)11-12-31-2/h3-10,13-15,22H,11-12H2,1-2H3,(H,25,26)(H,27,28)(H,29,30)/b9-7+/t22-/m0/s1. The van der Waals surface area contributed by atoms with Crippen molar-refractivity contribution in [3.05, 3.63) is 77.4 Å². The van der Waals surface area contributed by atoms with Gasteiger partial charge in [-0.15, -0.1) is 0 Å². The maximum absolute atomic E-state index is 13.1. The van der Waals surface area contributed by atoms with Crippen LogP contribution >= 0.6 is 11.8 Å². The minimum atomic E-state index is -1.03. The molecule has 0 unspecified atom stereocenters. The van der Waals surface area contributed by atoms with E-state index in [0.717, 1.165) is 27.9 Å². The number of carbonyl (C=O) groups excluding carboxylic acids is 1. The van der Waals surface area contributed by atoms with Gasteiger partial charge in [0.1, 0.15) is 6.04 Å². The summed E-state index contributed by atoms with van der Waals surface area (Å²) in [6.45, 7) is 1.99. The normalized spacial score (nSPS) is 12.1. The van der Waals surface area contributed by atoms with Crippen LogP contribution in [0.5, 0.6) is 0 Å². The number of thioether (sulfide) groups is 1. The number of benzene rings is 2. The predicted molar refractivity (Wildman–Crippen MR) is 126 cm³/mol.